The molecule has 2 amide bonds. The molecular formula is C15H21N3O2. The summed E-state index contributed by atoms with van der Waals surface area (Å²) >= 11 is 0. The van der Waals surface area contributed by atoms with Gasteiger partial charge in [-0.2, -0.15) is 5.26 Å². The third kappa shape index (κ3) is 2.00. The topological polar surface area (TPSA) is 73.2 Å². The summed E-state index contributed by atoms with van der Waals surface area (Å²) in [7, 11) is 1.61. The van der Waals surface area contributed by atoms with Gasteiger partial charge in [-0.05, 0) is 12.3 Å². The number of ketones is 1. The van der Waals surface area contributed by atoms with E-state index in [0.717, 1.165) is 6.42 Å². The van der Waals surface area contributed by atoms with E-state index in [1.807, 2.05) is 26.8 Å². The van der Waals surface area contributed by atoms with Crippen molar-refractivity contribution in [2.24, 2.45) is 16.7 Å². The number of likely N-dealkylation sites (tertiary alicyclic amines) is 1. The lowest BCUT2D eigenvalue weighted by molar-refractivity contribution is -0.131. The first-order valence-corrected chi connectivity index (χ1v) is 6.90. The second-order valence-electron chi connectivity index (χ2n) is 6.54. The number of urea groups is 1. The summed E-state index contributed by atoms with van der Waals surface area (Å²) in [6, 6.07) is 1.91. The zero-order valence-electron chi connectivity index (χ0n) is 12.5. The summed E-state index contributed by atoms with van der Waals surface area (Å²) in [5.74, 6) is 0.0800. The number of fused-ring (bicyclic) bond motifs is 1. The Morgan fingerprint density at radius 3 is 2.70 bits per heavy atom. The largest absolute Gasteiger partial charge is 0.341 e. The second-order valence-corrected chi connectivity index (χ2v) is 6.54. The monoisotopic (exact) mass is 275 g/mol. The number of piperidine rings is 1. The molecule has 2 rings (SSSR count). The fraction of sp³-hybridized carbons (Fsp3) is 0.667. The highest BCUT2D eigenvalue weighted by Gasteiger charge is 2.53. The molecule has 0 saturated carbocycles. The van der Waals surface area contributed by atoms with E-state index in [1.54, 1.807) is 18.0 Å². The van der Waals surface area contributed by atoms with Crippen LogP contribution in [0.2, 0.25) is 0 Å². The molecule has 0 aromatic heterocycles. The summed E-state index contributed by atoms with van der Waals surface area (Å²) in [4.78, 5) is 25.9. The van der Waals surface area contributed by atoms with E-state index in [9.17, 15) is 14.9 Å². The summed E-state index contributed by atoms with van der Waals surface area (Å²) in [5.41, 5.74) is -0.649. The van der Waals surface area contributed by atoms with Crippen LogP contribution in [-0.2, 0) is 4.79 Å². The molecule has 20 heavy (non-hydrogen) atoms. The van der Waals surface area contributed by atoms with Crippen LogP contribution in [0.4, 0.5) is 4.79 Å². The van der Waals surface area contributed by atoms with Gasteiger partial charge >= 0.3 is 6.03 Å². The van der Waals surface area contributed by atoms with Crippen LogP contribution in [0.25, 0.3) is 0 Å². The van der Waals surface area contributed by atoms with Crippen molar-refractivity contribution in [3.63, 3.8) is 0 Å². The van der Waals surface area contributed by atoms with Crippen LogP contribution >= 0.6 is 0 Å². The highest BCUT2D eigenvalue weighted by atomic mass is 16.2. The molecule has 1 saturated heterocycles. The standard InChI is InChI=1S/C15H21N3O2/c1-14(2)11-5-6-18(13(20)17-4)9-15(11,3)7-10(8-16)12(14)19/h7,11H,5-6,9H2,1-4H3,(H,17,20)/t11-,15+/m1/s1. The molecule has 1 aliphatic carbocycles. The van der Waals surface area contributed by atoms with E-state index in [0.29, 0.717) is 13.1 Å². The lowest BCUT2D eigenvalue weighted by atomic mass is 9.55. The molecule has 1 fully saturated rings. The van der Waals surface area contributed by atoms with Crippen molar-refractivity contribution < 1.29 is 9.59 Å². The summed E-state index contributed by atoms with van der Waals surface area (Å²) in [6.45, 7) is 7.06. The number of allylic oxidation sites excluding steroid dienone is 1. The minimum atomic E-state index is -0.552. The zero-order valence-corrected chi connectivity index (χ0v) is 12.5. The van der Waals surface area contributed by atoms with Crippen LogP contribution in [0, 0.1) is 28.1 Å². The van der Waals surface area contributed by atoms with Gasteiger partial charge in [0.1, 0.15) is 6.07 Å². The van der Waals surface area contributed by atoms with Gasteiger partial charge in [-0.1, -0.05) is 26.8 Å². The number of hydrogen-bond acceptors (Lipinski definition) is 3. The normalized spacial score (nSPS) is 31.9. The number of hydrogen-bond donors (Lipinski definition) is 1. The molecule has 2 aliphatic rings. The van der Waals surface area contributed by atoms with E-state index in [1.165, 1.54) is 0 Å². The number of Topliss-reactive ketones (excluding diaryl/α,β-unsaturated/α-hetero) is 1. The van der Waals surface area contributed by atoms with Crippen LogP contribution in [0.5, 0.6) is 0 Å². The van der Waals surface area contributed by atoms with E-state index >= 15 is 0 Å². The Morgan fingerprint density at radius 2 is 2.15 bits per heavy atom. The maximum absolute atomic E-state index is 12.4. The van der Waals surface area contributed by atoms with Gasteiger partial charge in [0.05, 0.1) is 5.57 Å². The molecule has 1 heterocycles. The molecule has 2 atom stereocenters. The Bertz CT molecular complexity index is 530. The minimum Gasteiger partial charge on any atom is -0.341 e. The van der Waals surface area contributed by atoms with Crippen LogP contribution in [-0.4, -0.2) is 36.9 Å². The highest BCUT2D eigenvalue weighted by Crippen LogP contribution is 2.51. The lowest BCUT2D eigenvalue weighted by Gasteiger charge is -2.52. The predicted molar refractivity (Wildman–Crippen MR) is 74.7 cm³/mol. The van der Waals surface area contributed by atoms with Crippen molar-refractivity contribution in [3.05, 3.63) is 11.6 Å². The van der Waals surface area contributed by atoms with Gasteiger partial charge in [0.15, 0.2) is 5.78 Å². The summed E-state index contributed by atoms with van der Waals surface area (Å²) in [6.07, 6.45) is 2.55. The van der Waals surface area contributed by atoms with Gasteiger partial charge in [0.2, 0.25) is 0 Å². The molecule has 0 radical (unpaired) electrons. The molecule has 5 heteroatoms. The summed E-state index contributed by atoms with van der Waals surface area (Å²) < 4.78 is 0. The Hall–Kier alpha value is -1.83. The van der Waals surface area contributed by atoms with Crippen LogP contribution < -0.4 is 5.32 Å². The maximum atomic E-state index is 12.4. The molecule has 0 bridgehead atoms. The molecule has 1 N–H and O–H groups in total. The van der Waals surface area contributed by atoms with E-state index < -0.39 is 5.41 Å². The zero-order chi connectivity index (χ0) is 15.1. The first-order valence-electron chi connectivity index (χ1n) is 6.90. The van der Waals surface area contributed by atoms with Crippen LogP contribution in [0.3, 0.4) is 0 Å². The van der Waals surface area contributed by atoms with Gasteiger partial charge < -0.3 is 10.2 Å². The predicted octanol–water partition coefficient (Wildman–Crippen LogP) is 1.71. The Labute approximate surface area is 119 Å². The van der Waals surface area contributed by atoms with Crippen molar-refractivity contribution in [1.29, 1.82) is 5.26 Å². The van der Waals surface area contributed by atoms with Crippen molar-refractivity contribution in [2.75, 3.05) is 20.1 Å². The number of rotatable bonds is 0. The van der Waals surface area contributed by atoms with Gasteiger partial charge in [0.25, 0.3) is 0 Å². The number of carbonyl (C=O) groups is 2. The molecule has 0 unspecified atom stereocenters. The van der Waals surface area contributed by atoms with Gasteiger partial charge in [-0.15, -0.1) is 0 Å². The maximum Gasteiger partial charge on any atom is 0.317 e. The van der Waals surface area contributed by atoms with Crippen molar-refractivity contribution in [2.45, 2.75) is 27.2 Å². The Morgan fingerprint density at radius 1 is 1.50 bits per heavy atom. The van der Waals surface area contributed by atoms with E-state index in [2.05, 4.69) is 5.32 Å². The molecular weight excluding hydrogens is 254 g/mol. The smallest absolute Gasteiger partial charge is 0.317 e. The van der Waals surface area contributed by atoms with Gasteiger partial charge in [0, 0.05) is 31.0 Å². The number of nitriles is 1. The van der Waals surface area contributed by atoms with Crippen molar-refractivity contribution in [3.8, 4) is 6.07 Å². The van der Waals surface area contributed by atoms with Crippen LogP contribution in [0.1, 0.15) is 27.2 Å². The number of nitrogens with zero attached hydrogens (tertiary/aromatic N) is 2. The molecule has 108 valence electrons. The van der Waals surface area contributed by atoms with E-state index in [-0.39, 0.29) is 28.7 Å². The van der Waals surface area contributed by atoms with Crippen molar-refractivity contribution in [1.82, 2.24) is 10.2 Å². The summed E-state index contributed by atoms with van der Waals surface area (Å²) in [5, 5.41) is 11.8. The molecule has 0 aromatic carbocycles. The van der Waals surface area contributed by atoms with Crippen molar-refractivity contribution >= 4 is 11.8 Å². The number of carbonyl (C=O) groups excluding carboxylic acids is 2. The van der Waals surface area contributed by atoms with Gasteiger partial charge in [-0.3, -0.25) is 4.79 Å². The third-order valence-electron chi connectivity index (χ3n) is 4.81. The highest BCUT2D eigenvalue weighted by molar-refractivity contribution is 6.04. The van der Waals surface area contributed by atoms with Crippen LogP contribution in [0.15, 0.2) is 11.6 Å². The minimum absolute atomic E-state index is 0.0733. The number of amides is 2. The average molecular weight is 275 g/mol. The third-order valence-corrected chi connectivity index (χ3v) is 4.81. The molecule has 5 nitrogen and oxygen atoms in total. The Kier molecular flexibility index (Phi) is 3.37. The quantitative estimate of drug-likeness (QED) is 0.731. The van der Waals surface area contributed by atoms with E-state index in [4.69, 9.17) is 0 Å². The first-order chi connectivity index (χ1) is 9.26. The Balaban J connectivity index is 2.42. The molecule has 0 aromatic rings. The average Bonchev–Trinajstić information content (AvgIpc) is 2.41. The second kappa shape index (κ2) is 4.62. The SMILES string of the molecule is CNC(=O)N1CC[C@@H]2C(C)(C)C(=O)C(C#N)=C[C@@]2(C)C1. The van der Waals surface area contributed by atoms with Gasteiger partial charge in [-0.25, -0.2) is 4.79 Å². The lowest BCUT2D eigenvalue weighted by Crippen LogP contribution is -2.57. The number of nitrogens with one attached hydrogen (secondary N) is 1. The molecule has 0 spiro atoms. The first kappa shape index (κ1) is 14.6. The molecule has 1 aliphatic heterocycles. The fourth-order valence-corrected chi connectivity index (χ4v) is 3.86. The fourth-order valence-electron chi connectivity index (χ4n) is 3.86.